The number of amides is 1. The Morgan fingerprint density at radius 3 is 2.77 bits per heavy atom. The van der Waals surface area contributed by atoms with Crippen LogP contribution in [-0.2, 0) is 4.79 Å². The van der Waals surface area contributed by atoms with E-state index in [1.54, 1.807) is 17.2 Å². The first-order valence-corrected chi connectivity index (χ1v) is 7.62. The van der Waals surface area contributed by atoms with Crippen molar-refractivity contribution < 1.29 is 9.18 Å². The molecule has 0 spiro atoms. The highest BCUT2D eigenvalue weighted by molar-refractivity contribution is 5.83. The van der Waals surface area contributed by atoms with Gasteiger partial charge in [-0.3, -0.25) is 9.78 Å². The highest BCUT2D eigenvalue weighted by Crippen LogP contribution is 2.27. The van der Waals surface area contributed by atoms with E-state index in [2.05, 4.69) is 4.98 Å². The molecule has 0 N–H and O–H groups in total. The van der Waals surface area contributed by atoms with Crippen LogP contribution in [0.1, 0.15) is 30.9 Å². The standard InChI is InChI=1S/C18H19FN2O/c1-21-10-3-2-7-16(18(21)22)17-9-8-14(12-20-17)13-5-4-6-15(19)11-13/h4-6,8-9,11-12,16H,2-3,7,10H2,1H3. The molecule has 114 valence electrons. The molecule has 2 heterocycles. The van der Waals surface area contributed by atoms with Crippen molar-refractivity contribution >= 4 is 5.91 Å². The van der Waals surface area contributed by atoms with Gasteiger partial charge in [0.05, 0.1) is 11.6 Å². The van der Waals surface area contributed by atoms with Gasteiger partial charge in [-0.25, -0.2) is 4.39 Å². The summed E-state index contributed by atoms with van der Waals surface area (Å²) in [6.45, 7) is 0.816. The molecule has 3 nitrogen and oxygen atoms in total. The molecule has 1 aromatic heterocycles. The third-order valence-electron chi connectivity index (χ3n) is 4.21. The summed E-state index contributed by atoms with van der Waals surface area (Å²) in [7, 11) is 1.85. The molecule has 0 bridgehead atoms. The molecule has 2 aromatic rings. The number of carbonyl (C=O) groups is 1. The third kappa shape index (κ3) is 3.01. The highest BCUT2D eigenvalue weighted by atomic mass is 19.1. The molecule has 1 saturated heterocycles. The van der Waals surface area contributed by atoms with Crippen molar-refractivity contribution in [2.45, 2.75) is 25.2 Å². The van der Waals surface area contributed by atoms with Gasteiger partial charge in [0, 0.05) is 25.4 Å². The van der Waals surface area contributed by atoms with Crippen LogP contribution >= 0.6 is 0 Å². The summed E-state index contributed by atoms with van der Waals surface area (Å²) in [5.41, 5.74) is 2.46. The number of benzene rings is 1. The number of halogens is 1. The number of nitrogens with zero attached hydrogens (tertiary/aromatic N) is 2. The summed E-state index contributed by atoms with van der Waals surface area (Å²) in [6.07, 6.45) is 4.64. The lowest BCUT2D eigenvalue weighted by Gasteiger charge is -2.19. The van der Waals surface area contributed by atoms with Crippen LogP contribution < -0.4 is 0 Å². The van der Waals surface area contributed by atoms with Crippen molar-refractivity contribution in [2.24, 2.45) is 0 Å². The number of pyridine rings is 1. The molecule has 1 aliphatic rings. The van der Waals surface area contributed by atoms with Gasteiger partial charge < -0.3 is 4.90 Å². The molecule has 1 unspecified atom stereocenters. The minimum atomic E-state index is -0.262. The van der Waals surface area contributed by atoms with E-state index >= 15 is 0 Å². The van der Waals surface area contributed by atoms with Gasteiger partial charge in [-0.05, 0) is 36.6 Å². The normalized spacial score (nSPS) is 19.1. The van der Waals surface area contributed by atoms with Crippen LogP contribution in [0.5, 0.6) is 0 Å². The fourth-order valence-corrected chi connectivity index (χ4v) is 2.92. The first-order valence-electron chi connectivity index (χ1n) is 7.62. The van der Waals surface area contributed by atoms with Crippen LogP contribution in [0.4, 0.5) is 4.39 Å². The Labute approximate surface area is 129 Å². The van der Waals surface area contributed by atoms with E-state index in [0.717, 1.165) is 42.6 Å². The van der Waals surface area contributed by atoms with E-state index in [4.69, 9.17) is 0 Å². The molecule has 1 amide bonds. The lowest BCUT2D eigenvalue weighted by molar-refractivity contribution is -0.131. The fraction of sp³-hybridized carbons (Fsp3) is 0.333. The minimum absolute atomic E-state index is 0.142. The van der Waals surface area contributed by atoms with Gasteiger partial charge in [0.25, 0.3) is 0 Å². The predicted octanol–water partition coefficient (Wildman–Crippen LogP) is 3.61. The van der Waals surface area contributed by atoms with Crippen LogP contribution in [-0.4, -0.2) is 29.4 Å². The van der Waals surface area contributed by atoms with Gasteiger partial charge in [-0.2, -0.15) is 0 Å². The van der Waals surface area contributed by atoms with E-state index in [-0.39, 0.29) is 17.6 Å². The molecule has 0 aliphatic carbocycles. The third-order valence-corrected chi connectivity index (χ3v) is 4.21. The number of hydrogen-bond acceptors (Lipinski definition) is 2. The zero-order valence-corrected chi connectivity index (χ0v) is 12.6. The maximum Gasteiger partial charge on any atom is 0.231 e. The summed E-state index contributed by atoms with van der Waals surface area (Å²) in [5, 5.41) is 0. The summed E-state index contributed by atoms with van der Waals surface area (Å²) >= 11 is 0. The van der Waals surface area contributed by atoms with Crippen LogP contribution in [0.3, 0.4) is 0 Å². The maximum atomic E-state index is 13.3. The summed E-state index contributed by atoms with van der Waals surface area (Å²) < 4.78 is 13.3. The number of likely N-dealkylation sites (N-methyl/N-ethyl adjacent to an activating group) is 1. The second kappa shape index (κ2) is 6.26. The number of carbonyl (C=O) groups excluding carboxylic acids is 1. The Kier molecular flexibility index (Phi) is 4.18. The van der Waals surface area contributed by atoms with E-state index < -0.39 is 0 Å². The van der Waals surface area contributed by atoms with Crippen LogP contribution in [0.15, 0.2) is 42.6 Å². The van der Waals surface area contributed by atoms with Crippen LogP contribution in [0, 0.1) is 5.82 Å². The van der Waals surface area contributed by atoms with Crippen molar-refractivity contribution in [3.63, 3.8) is 0 Å². The van der Waals surface area contributed by atoms with E-state index in [1.807, 2.05) is 25.2 Å². The molecular weight excluding hydrogens is 279 g/mol. The second-order valence-electron chi connectivity index (χ2n) is 5.79. The van der Waals surface area contributed by atoms with E-state index in [1.165, 1.54) is 12.1 Å². The Hall–Kier alpha value is -2.23. The molecule has 1 atom stereocenters. The minimum Gasteiger partial charge on any atom is -0.345 e. The van der Waals surface area contributed by atoms with Gasteiger partial charge in [0.15, 0.2) is 0 Å². The summed E-state index contributed by atoms with van der Waals surface area (Å²) in [5.74, 6) is -0.278. The maximum absolute atomic E-state index is 13.3. The van der Waals surface area contributed by atoms with Crippen molar-refractivity contribution in [1.29, 1.82) is 0 Å². The Morgan fingerprint density at radius 1 is 1.18 bits per heavy atom. The lowest BCUT2D eigenvalue weighted by atomic mass is 9.97. The average molecular weight is 298 g/mol. The Bertz CT molecular complexity index is 669. The zero-order chi connectivity index (χ0) is 15.5. The molecule has 0 radical (unpaired) electrons. The van der Waals surface area contributed by atoms with Gasteiger partial charge in [0.1, 0.15) is 5.82 Å². The summed E-state index contributed by atoms with van der Waals surface area (Å²) in [6, 6.07) is 10.2. The molecule has 4 heteroatoms. The van der Waals surface area contributed by atoms with Crippen LogP contribution in [0.2, 0.25) is 0 Å². The number of hydrogen-bond donors (Lipinski definition) is 0. The largest absolute Gasteiger partial charge is 0.345 e. The van der Waals surface area contributed by atoms with E-state index in [9.17, 15) is 9.18 Å². The highest BCUT2D eigenvalue weighted by Gasteiger charge is 2.27. The molecule has 22 heavy (non-hydrogen) atoms. The van der Waals surface area contributed by atoms with E-state index in [0.29, 0.717) is 0 Å². The predicted molar refractivity (Wildman–Crippen MR) is 83.9 cm³/mol. The summed E-state index contributed by atoms with van der Waals surface area (Å²) in [4.78, 5) is 18.6. The molecule has 3 rings (SSSR count). The average Bonchev–Trinajstić information content (AvgIpc) is 2.70. The Balaban J connectivity index is 1.86. The van der Waals surface area contributed by atoms with Crippen molar-refractivity contribution in [1.82, 2.24) is 9.88 Å². The monoisotopic (exact) mass is 298 g/mol. The van der Waals surface area contributed by atoms with Gasteiger partial charge >= 0.3 is 0 Å². The van der Waals surface area contributed by atoms with Gasteiger partial charge in [0.2, 0.25) is 5.91 Å². The first kappa shape index (κ1) is 14.7. The molecular formula is C18H19FN2O. The number of rotatable bonds is 2. The van der Waals surface area contributed by atoms with Crippen molar-refractivity contribution in [3.05, 3.63) is 54.1 Å². The molecule has 0 saturated carbocycles. The van der Waals surface area contributed by atoms with Crippen molar-refractivity contribution in [2.75, 3.05) is 13.6 Å². The van der Waals surface area contributed by atoms with Crippen molar-refractivity contribution in [3.8, 4) is 11.1 Å². The molecule has 1 aromatic carbocycles. The first-order chi connectivity index (χ1) is 10.6. The quantitative estimate of drug-likeness (QED) is 0.848. The molecule has 1 fully saturated rings. The van der Waals surface area contributed by atoms with Gasteiger partial charge in [-0.1, -0.05) is 24.6 Å². The zero-order valence-electron chi connectivity index (χ0n) is 12.6. The smallest absolute Gasteiger partial charge is 0.231 e. The van der Waals surface area contributed by atoms with Crippen LogP contribution in [0.25, 0.3) is 11.1 Å². The Morgan fingerprint density at radius 2 is 2.05 bits per heavy atom. The molecule has 1 aliphatic heterocycles. The number of aromatic nitrogens is 1. The fourth-order valence-electron chi connectivity index (χ4n) is 2.92. The topological polar surface area (TPSA) is 33.2 Å². The number of likely N-dealkylation sites (tertiary alicyclic amines) is 1. The second-order valence-corrected chi connectivity index (χ2v) is 5.79. The lowest BCUT2D eigenvalue weighted by Crippen LogP contribution is -2.30. The SMILES string of the molecule is CN1CCCCC(c2ccc(-c3cccc(F)c3)cn2)C1=O. The van der Waals surface area contributed by atoms with Gasteiger partial charge in [-0.15, -0.1) is 0 Å².